The van der Waals surface area contributed by atoms with Crippen LogP contribution < -0.4 is 0 Å². The monoisotopic (exact) mass is 366 g/mol. The number of hydrogen-bond acceptors (Lipinski definition) is 6. The van der Waals surface area contributed by atoms with Gasteiger partial charge in [-0.2, -0.15) is 0 Å². The Hall–Kier alpha value is -2.96. The highest BCUT2D eigenvalue weighted by Gasteiger charge is 2.45. The van der Waals surface area contributed by atoms with Crippen LogP contribution in [-0.2, 0) is 6.42 Å². The fourth-order valence-corrected chi connectivity index (χ4v) is 4.03. The van der Waals surface area contributed by atoms with Crippen molar-refractivity contribution in [2.45, 2.75) is 31.5 Å². The van der Waals surface area contributed by atoms with E-state index >= 15 is 0 Å². The van der Waals surface area contributed by atoms with Crippen molar-refractivity contribution in [3.63, 3.8) is 0 Å². The summed E-state index contributed by atoms with van der Waals surface area (Å²) in [5.41, 5.74) is -1.43. The molecule has 0 bridgehead atoms. The molecule has 2 aliphatic rings. The highest BCUT2D eigenvalue weighted by molar-refractivity contribution is 6.30. The summed E-state index contributed by atoms with van der Waals surface area (Å²) < 4.78 is 0. The van der Waals surface area contributed by atoms with Crippen LogP contribution in [0.4, 0.5) is 0 Å². The number of benzene rings is 2. The third-order valence-corrected chi connectivity index (χ3v) is 5.59. The van der Waals surface area contributed by atoms with Crippen LogP contribution in [0.3, 0.4) is 0 Å². The predicted octanol–water partition coefficient (Wildman–Crippen LogP) is 2.16. The van der Waals surface area contributed by atoms with E-state index in [1.54, 1.807) is 19.1 Å². The van der Waals surface area contributed by atoms with E-state index in [-0.39, 0.29) is 46.2 Å². The molecule has 138 valence electrons. The molecule has 0 aliphatic heterocycles. The van der Waals surface area contributed by atoms with Gasteiger partial charge in [-0.1, -0.05) is 30.8 Å². The van der Waals surface area contributed by atoms with Gasteiger partial charge in [0.05, 0.1) is 22.8 Å². The fourth-order valence-electron chi connectivity index (χ4n) is 4.03. The maximum Gasteiger partial charge on any atom is 0.198 e. The van der Waals surface area contributed by atoms with Gasteiger partial charge in [0.25, 0.3) is 0 Å². The summed E-state index contributed by atoms with van der Waals surface area (Å²) in [6.45, 7) is 5.32. The molecule has 0 radical (unpaired) electrons. The van der Waals surface area contributed by atoms with E-state index < -0.39 is 34.8 Å². The molecule has 0 spiro atoms. The summed E-state index contributed by atoms with van der Waals surface area (Å²) in [7, 11) is 0. The van der Waals surface area contributed by atoms with Crippen LogP contribution in [0.5, 0.6) is 11.5 Å². The van der Waals surface area contributed by atoms with Crippen LogP contribution in [0.25, 0.3) is 0 Å². The van der Waals surface area contributed by atoms with E-state index in [1.165, 1.54) is 12.1 Å². The van der Waals surface area contributed by atoms with E-state index in [1.807, 2.05) is 0 Å². The lowest BCUT2D eigenvalue weighted by Gasteiger charge is -2.38. The molecule has 2 unspecified atom stereocenters. The third-order valence-electron chi connectivity index (χ3n) is 5.59. The zero-order chi connectivity index (χ0) is 19.7. The van der Waals surface area contributed by atoms with Crippen LogP contribution >= 0.6 is 0 Å². The predicted molar refractivity (Wildman–Crippen MR) is 96.1 cm³/mol. The number of hydrogen-bond donors (Lipinski definition) is 4. The Labute approximate surface area is 155 Å². The lowest BCUT2D eigenvalue weighted by Crippen LogP contribution is -2.39. The summed E-state index contributed by atoms with van der Waals surface area (Å²) >= 11 is 0. The highest BCUT2D eigenvalue weighted by atomic mass is 16.3. The minimum absolute atomic E-state index is 0.0299. The molecular weight excluding hydrogens is 348 g/mol. The Morgan fingerprint density at radius 3 is 2.11 bits per heavy atom. The summed E-state index contributed by atoms with van der Waals surface area (Å²) in [6, 6.07) is 6.16. The topological polar surface area (TPSA) is 115 Å². The molecule has 0 aromatic heterocycles. The SMILES string of the molecule is C=C(C)C1(O)Cc2c(O)c3c(c(O)c2C(O)C1)C(=O)c1ccccc1C3=O. The Kier molecular flexibility index (Phi) is 3.57. The van der Waals surface area contributed by atoms with Gasteiger partial charge < -0.3 is 20.4 Å². The number of aromatic hydroxyl groups is 2. The molecule has 6 heteroatoms. The molecule has 0 saturated carbocycles. The normalized spacial score (nSPS) is 23.4. The summed E-state index contributed by atoms with van der Waals surface area (Å²) in [6.07, 6.45) is -1.60. The molecule has 4 N–H and O–H groups in total. The van der Waals surface area contributed by atoms with Crippen molar-refractivity contribution in [1.29, 1.82) is 0 Å². The molecule has 0 saturated heterocycles. The van der Waals surface area contributed by atoms with Crippen molar-refractivity contribution in [3.05, 3.63) is 69.8 Å². The maximum atomic E-state index is 12.9. The first-order valence-electron chi connectivity index (χ1n) is 8.53. The van der Waals surface area contributed by atoms with E-state index in [9.17, 15) is 30.0 Å². The Balaban J connectivity index is 2.04. The number of phenolic OH excluding ortho intramolecular Hbond substituents is 2. The number of ketones is 2. The summed E-state index contributed by atoms with van der Waals surface area (Å²) in [5, 5.41) is 42.9. The molecule has 2 aromatic rings. The highest BCUT2D eigenvalue weighted by Crippen LogP contribution is 2.51. The average molecular weight is 366 g/mol. The van der Waals surface area contributed by atoms with Gasteiger partial charge in [-0.05, 0) is 12.5 Å². The molecule has 2 aliphatic carbocycles. The van der Waals surface area contributed by atoms with Crippen molar-refractivity contribution < 1.29 is 30.0 Å². The Morgan fingerprint density at radius 2 is 1.59 bits per heavy atom. The van der Waals surface area contributed by atoms with Gasteiger partial charge in [0.1, 0.15) is 11.5 Å². The van der Waals surface area contributed by atoms with Gasteiger partial charge in [0, 0.05) is 35.1 Å². The van der Waals surface area contributed by atoms with Gasteiger partial charge in [-0.15, -0.1) is 0 Å². The number of carbonyl (C=O) groups excluding carboxylic acids is 2. The second-order valence-electron chi connectivity index (χ2n) is 7.25. The van der Waals surface area contributed by atoms with Gasteiger partial charge in [0.2, 0.25) is 0 Å². The number of phenols is 2. The third kappa shape index (κ3) is 2.20. The minimum Gasteiger partial charge on any atom is -0.507 e. The van der Waals surface area contributed by atoms with Gasteiger partial charge in [-0.3, -0.25) is 9.59 Å². The van der Waals surface area contributed by atoms with Crippen LogP contribution in [-0.4, -0.2) is 37.6 Å². The van der Waals surface area contributed by atoms with E-state index in [0.717, 1.165) is 0 Å². The average Bonchev–Trinajstić information content (AvgIpc) is 2.62. The molecule has 6 nitrogen and oxygen atoms in total. The molecule has 2 aromatic carbocycles. The second kappa shape index (κ2) is 5.52. The summed E-state index contributed by atoms with van der Waals surface area (Å²) in [4.78, 5) is 25.8. The largest absolute Gasteiger partial charge is 0.507 e. The quantitative estimate of drug-likeness (QED) is 0.388. The van der Waals surface area contributed by atoms with Gasteiger partial charge in [0.15, 0.2) is 11.6 Å². The van der Waals surface area contributed by atoms with Crippen molar-refractivity contribution in [2.24, 2.45) is 0 Å². The Morgan fingerprint density at radius 1 is 1.07 bits per heavy atom. The van der Waals surface area contributed by atoms with E-state index in [2.05, 4.69) is 6.58 Å². The molecule has 0 amide bonds. The zero-order valence-electron chi connectivity index (χ0n) is 14.6. The van der Waals surface area contributed by atoms with E-state index in [0.29, 0.717) is 5.57 Å². The van der Waals surface area contributed by atoms with Crippen molar-refractivity contribution in [2.75, 3.05) is 0 Å². The fraction of sp³-hybridized carbons (Fsp3) is 0.238. The van der Waals surface area contributed by atoms with Crippen molar-refractivity contribution in [3.8, 4) is 11.5 Å². The van der Waals surface area contributed by atoms with Crippen LogP contribution in [0.15, 0.2) is 36.4 Å². The second-order valence-corrected chi connectivity index (χ2v) is 7.25. The zero-order valence-corrected chi connectivity index (χ0v) is 14.6. The number of rotatable bonds is 1. The summed E-state index contributed by atoms with van der Waals surface area (Å²) in [5.74, 6) is -2.20. The lowest BCUT2D eigenvalue weighted by atomic mass is 9.71. The molecule has 2 atom stereocenters. The van der Waals surface area contributed by atoms with Crippen LogP contribution in [0.1, 0.15) is 62.4 Å². The number of aliphatic hydroxyl groups is 2. The first-order chi connectivity index (χ1) is 12.7. The van der Waals surface area contributed by atoms with Crippen molar-refractivity contribution in [1.82, 2.24) is 0 Å². The first-order valence-corrected chi connectivity index (χ1v) is 8.53. The van der Waals surface area contributed by atoms with E-state index in [4.69, 9.17) is 0 Å². The number of aliphatic hydroxyl groups excluding tert-OH is 1. The van der Waals surface area contributed by atoms with Gasteiger partial charge in [-0.25, -0.2) is 0 Å². The standard InChI is InChI=1S/C21H18O6/c1-9(2)21(27)7-12-14(13(22)8-21)20(26)16-15(19(12)25)17(23)10-5-3-4-6-11(10)18(16)24/h3-6,13,22,25-27H,1,7-8H2,2H3. The minimum atomic E-state index is -1.50. The maximum absolute atomic E-state index is 12.9. The van der Waals surface area contributed by atoms with Gasteiger partial charge >= 0.3 is 0 Å². The van der Waals surface area contributed by atoms with Crippen LogP contribution in [0.2, 0.25) is 0 Å². The molecule has 27 heavy (non-hydrogen) atoms. The lowest BCUT2D eigenvalue weighted by molar-refractivity contribution is 0.00448. The smallest absolute Gasteiger partial charge is 0.198 e. The first kappa shape index (κ1) is 17.5. The molecule has 0 heterocycles. The number of fused-ring (bicyclic) bond motifs is 3. The number of carbonyl (C=O) groups is 2. The molecular formula is C21H18O6. The van der Waals surface area contributed by atoms with Crippen LogP contribution in [0, 0.1) is 0 Å². The molecule has 0 fully saturated rings. The van der Waals surface area contributed by atoms with Crippen molar-refractivity contribution >= 4 is 11.6 Å². The Bertz CT molecular complexity index is 1050. The molecule has 4 rings (SSSR count).